The van der Waals surface area contributed by atoms with Crippen LogP contribution < -0.4 is 11.1 Å². The van der Waals surface area contributed by atoms with Crippen LogP contribution in [0.4, 0.5) is 4.79 Å². The van der Waals surface area contributed by atoms with E-state index in [9.17, 15) is 4.79 Å². The van der Waals surface area contributed by atoms with Crippen LogP contribution in [-0.2, 0) is 4.74 Å². The van der Waals surface area contributed by atoms with Gasteiger partial charge in [0.2, 0.25) is 0 Å². The second-order valence-electron chi connectivity index (χ2n) is 5.19. The van der Waals surface area contributed by atoms with Crippen LogP contribution in [0.15, 0.2) is 16.8 Å². The molecule has 20 heavy (non-hydrogen) atoms. The highest BCUT2D eigenvalue weighted by molar-refractivity contribution is 7.07. The minimum atomic E-state index is -0.358. The van der Waals surface area contributed by atoms with Crippen LogP contribution in [-0.4, -0.2) is 43.3 Å². The van der Waals surface area contributed by atoms with E-state index >= 15 is 0 Å². The van der Waals surface area contributed by atoms with Gasteiger partial charge in [0.1, 0.15) is 0 Å². The molecule has 5 nitrogen and oxygen atoms in total. The number of thiophene rings is 1. The summed E-state index contributed by atoms with van der Waals surface area (Å²) >= 11 is 1.70. The van der Waals surface area contributed by atoms with Crippen molar-refractivity contribution in [3.8, 4) is 0 Å². The zero-order valence-corrected chi connectivity index (χ0v) is 12.9. The van der Waals surface area contributed by atoms with E-state index in [1.54, 1.807) is 11.3 Å². The van der Waals surface area contributed by atoms with Gasteiger partial charge in [-0.15, -0.1) is 0 Å². The molecular weight excluding hydrogens is 274 g/mol. The zero-order valence-electron chi connectivity index (χ0n) is 12.0. The Hall–Kier alpha value is -1.11. The van der Waals surface area contributed by atoms with Crippen LogP contribution in [0.2, 0.25) is 0 Å². The number of nitrogens with one attached hydrogen (secondary N) is 1. The smallest absolute Gasteiger partial charge is 0.407 e. The Balaban J connectivity index is 2.03. The fraction of sp³-hybridized carbons (Fsp3) is 0.643. The topological polar surface area (TPSA) is 67.6 Å². The van der Waals surface area contributed by atoms with E-state index < -0.39 is 0 Å². The van der Waals surface area contributed by atoms with E-state index in [1.165, 1.54) is 12.7 Å². The van der Waals surface area contributed by atoms with Crippen LogP contribution in [0.5, 0.6) is 0 Å². The van der Waals surface area contributed by atoms with Crippen molar-refractivity contribution in [2.24, 2.45) is 5.73 Å². The quantitative estimate of drug-likeness (QED) is 0.872. The van der Waals surface area contributed by atoms with Gasteiger partial charge in [-0.05, 0) is 35.2 Å². The van der Waals surface area contributed by atoms with E-state index in [-0.39, 0.29) is 24.2 Å². The molecule has 1 fully saturated rings. The van der Waals surface area contributed by atoms with Crippen molar-refractivity contribution in [1.29, 1.82) is 0 Å². The number of amides is 1. The van der Waals surface area contributed by atoms with Gasteiger partial charge in [-0.3, -0.25) is 4.90 Å². The Morgan fingerprint density at radius 1 is 1.70 bits per heavy atom. The molecule has 0 spiro atoms. The van der Waals surface area contributed by atoms with Gasteiger partial charge in [0.05, 0.1) is 13.2 Å². The molecule has 3 unspecified atom stereocenters. The van der Waals surface area contributed by atoms with Gasteiger partial charge in [0, 0.05) is 25.2 Å². The molecule has 0 radical (unpaired) electrons. The van der Waals surface area contributed by atoms with Gasteiger partial charge in [0.15, 0.2) is 0 Å². The molecule has 112 valence electrons. The summed E-state index contributed by atoms with van der Waals surface area (Å²) in [7, 11) is 1.39. The molecule has 6 heteroatoms. The Morgan fingerprint density at radius 2 is 2.50 bits per heavy atom. The van der Waals surface area contributed by atoms with Crippen molar-refractivity contribution in [3.05, 3.63) is 22.4 Å². The number of hydrogen-bond acceptors (Lipinski definition) is 5. The number of rotatable bonds is 5. The van der Waals surface area contributed by atoms with Gasteiger partial charge >= 0.3 is 6.09 Å². The van der Waals surface area contributed by atoms with Crippen LogP contribution in [0, 0.1) is 0 Å². The van der Waals surface area contributed by atoms with E-state index in [2.05, 4.69) is 38.7 Å². The van der Waals surface area contributed by atoms with Crippen molar-refractivity contribution in [2.75, 3.05) is 20.2 Å². The summed E-state index contributed by atoms with van der Waals surface area (Å²) in [5, 5.41) is 7.13. The molecule has 2 heterocycles. The maximum absolute atomic E-state index is 11.3. The zero-order chi connectivity index (χ0) is 14.5. The highest BCUT2D eigenvalue weighted by atomic mass is 32.1. The first-order chi connectivity index (χ1) is 9.65. The highest BCUT2D eigenvalue weighted by Crippen LogP contribution is 2.30. The van der Waals surface area contributed by atoms with E-state index in [0.717, 1.165) is 25.9 Å². The van der Waals surface area contributed by atoms with Crippen molar-refractivity contribution < 1.29 is 9.53 Å². The SMILES string of the molecule is CCC(N)C(c1ccsc1)N1CCC(NC(=O)OC)C1. The fourth-order valence-corrected chi connectivity index (χ4v) is 3.47. The molecule has 1 aromatic rings. The number of carbonyl (C=O) groups excluding carboxylic acids is 1. The van der Waals surface area contributed by atoms with Gasteiger partial charge in [-0.25, -0.2) is 4.79 Å². The van der Waals surface area contributed by atoms with Crippen LogP contribution in [0.1, 0.15) is 31.4 Å². The predicted molar refractivity (Wildman–Crippen MR) is 80.8 cm³/mol. The Kier molecular flexibility index (Phi) is 5.39. The molecule has 3 atom stereocenters. The van der Waals surface area contributed by atoms with Crippen molar-refractivity contribution in [3.63, 3.8) is 0 Å². The summed E-state index contributed by atoms with van der Waals surface area (Å²) in [6, 6.07) is 2.64. The third-order valence-electron chi connectivity index (χ3n) is 3.88. The van der Waals surface area contributed by atoms with E-state index in [0.29, 0.717) is 0 Å². The average Bonchev–Trinajstić information content (AvgIpc) is 3.11. The summed E-state index contributed by atoms with van der Waals surface area (Å²) in [6.07, 6.45) is 1.52. The van der Waals surface area contributed by atoms with Gasteiger partial charge in [0.25, 0.3) is 0 Å². The summed E-state index contributed by atoms with van der Waals surface area (Å²) in [5.74, 6) is 0. The number of methoxy groups -OCH3 is 1. The molecule has 0 aromatic carbocycles. The van der Waals surface area contributed by atoms with Crippen LogP contribution >= 0.6 is 11.3 Å². The monoisotopic (exact) mass is 297 g/mol. The average molecular weight is 297 g/mol. The number of hydrogen-bond donors (Lipinski definition) is 2. The first-order valence-corrected chi connectivity index (χ1v) is 7.96. The Bertz CT molecular complexity index is 424. The summed E-state index contributed by atoms with van der Waals surface area (Å²) < 4.78 is 4.66. The molecule has 0 saturated carbocycles. The lowest BCUT2D eigenvalue weighted by Gasteiger charge is -2.32. The third-order valence-corrected chi connectivity index (χ3v) is 4.58. The summed E-state index contributed by atoms with van der Waals surface area (Å²) in [4.78, 5) is 13.7. The number of likely N-dealkylation sites (tertiary alicyclic amines) is 1. The Labute approximate surface area is 124 Å². The van der Waals surface area contributed by atoms with Gasteiger partial charge < -0.3 is 15.8 Å². The molecular formula is C14H23N3O2S. The largest absolute Gasteiger partial charge is 0.453 e. The summed E-state index contributed by atoms with van der Waals surface area (Å²) in [5.41, 5.74) is 7.59. The van der Waals surface area contributed by atoms with Crippen LogP contribution in [0.3, 0.4) is 0 Å². The molecule has 3 N–H and O–H groups in total. The minimum Gasteiger partial charge on any atom is -0.453 e. The van der Waals surface area contributed by atoms with Gasteiger partial charge in [-0.2, -0.15) is 11.3 Å². The van der Waals surface area contributed by atoms with Crippen LogP contribution in [0.25, 0.3) is 0 Å². The normalized spacial score (nSPS) is 22.4. The van der Waals surface area contributed by atoms with Crippen molar-refractivity contribution in [2.45, 2.75) is 37.9 Å². The first kappa shape index (κ1) is 15.3. The number of nitrogens with two attached hydrogens (primary N) is 1. The molecule has 0 aliphatic carbocycles. The number of alkyl carbamates (subject to hydrolysis) is 1. The third kappa shape index (κ3) is 3.50. The molecule has 1 aliphatic rings. The lowest BCUT2D eigenvalue weighted by Crippen LogP contribution is -2.42. The molecule has 1 saturated heterocycles. The molecule has 1 amide bonds. The maximum Gasteiger partial charge on any atom is 0.407 e. The predicted octanol–water partition coefficient (Wildman–Crippen LogP) is 1.96. The second kappa shape index (κ2) is 7.06. The molecule has 1 aromatic heterocycles. The first-order valence-electron chi connectivity index (χ1n) is 7.02. The van der Waals surface area contributed by atoms with Crippen molar-refractivity contribution in [1.82, 2.24) is 10.2 Å². The lowest BCUT2D eigenvalue weighted by molar-refractivity contribution is 0.164. The van der Waals surface area contributed by atoms with Gasteiger partial charge in [-0.1, -0.05) is 6.92 Å². The standard InChI is InChI=1S/C14H23N3O2S/c1-3-12(15)13(10-5-7-20-9-10)17-6-4-11(8-17)16-14(18)19-2/h5,7,9,11-13H,3-4,6,8,15H2,1-2H3,(H,16,18). The Morgan fingerprint density at radius 3 is 3.10 bits per heavy atom. The molecule has 0 bridgehead atoms. The number of carbonyl (C=O) groups is 1. The second-order valence-corrected chi connectivity index (χ2v) is 5.97. The number of nitrogens with zero attached hydrogens (tertiary/aromatic N) is 1. The van der Waals surface area contributed by atoms with Crippen molar-refractivity contribution >= 4 is 17.4 Å². The lowest BCUT2D eigenvalue weighted by atomic mass is 9.99. The summed E-state index contributed by atoms with van der Waals surface area (Å²) in [6.45, 7) is 3.89. The molecule has 2 rings (SSSR count). The molecule has 1 aliphatic heterocycles. The van der Waals surface area contributed by atoms with E-state index in [4.69, 9.17) is 5.73 Å². The highest BCUT2D eigenvalue weighted by Gasteiger charge is 2.33. The van der Waals surface area contributed by atoms with E-state index in [1.807, 2.05) is 0 Å². The minimum absolute atomic E-state index is 0.112. The fourth-order valence-electron chi connectivity index (χ4n) is 2.78. The maximum atomic E-state index is 11.3. The number of ether oxygens (including phenoxy) is 1.